The Morgan fingerprint density at radius 2 is 2.14 bits per heavy atom. The van der Waals surface area contributed by atoms with Gasteiger partial charge < -0.3 is 14.6 Å². The topological polar surface area (TPSA) is 71.9 Å². The number of aromatic nitrogens is 1. The van der Waals surface area contributed by atoms with Crippen molar-refractivity contribution in [2.24, 2.45) is 0 Å². The van der Waals surface area contributed by atoms with Crippen LogP contribution in [0.3, 0.4) is 0 Å². The van der Waals surface area contributed by atoms with Crippen molar-refractivity contribution in [3.8, 4) is 11.5 Å². The van der Waals surface area contributed by atoms with Crippen molar-refractivity contribution >= 4 is 5.97 Å². The van der Waals surface area contributed by atoms with Crippen LogP contribution in [0.4, 0.5) is 0 Å². The predicted molar refractivity (Wildman–Crippen MR) is 78.6 cm³/mol. The quantitative estimate of drug-likeness (QED) is 0.911. The third-order valence-corrected chi connectivity index (χ3v) is 3.52. The van der Waals surface area contributed by atoms with E-state index < -0.39 is 12.0 Å². The fourth-order valence-corrected chi connectivity index (χ4v) is 2.51. The maximum Gasteiger partial charge on any atom is 0.325 e. The lowest BCUT2D eigenvalue weighted by Crippen LogP contribution is -2.30. The highest BCUT2D eigenvalue weighted by Gasteiger charge is 2.27. The molecule has 2 heterocycles. The zero-order valence-electron chi connectivity index (χ0n) is 12.1. The Kier molecular flexibility index (Phi) is 3.93. The van der Waals surface area contributed by atoms with Gasteiger partial charge in [0.2, 0.25) is 6.79 Å². The van der Waals surface area contributed by atoms with Crippen molar-refractivity contribution in [2.45, 2.75) is 12.6 Å². The highest BCUT2D eigenvalue weighted by Crippen LogP contribution is 2.35. The number of fused-ring (bicyclic) bond motifs is 1. The van der Waals surface area contributed by atoms with E-state index in [1.54, 1.807) is 36.3 Å². The Balaban J connectivity index is 1.84. The fourth-order valence-electron chi connectivity index (χ4n) is 2.51. The summed E-state index contributed by atoms with van der Waals surface area (Å²) in [6, 6.07) is 10.0. The number of rotatable bonds is 5. The summed E-state index contributed by atoms with van der Waals surface area (Å²) < 4.78 is 10.6. The number of hydrogen-bond acceptors (Lipinski definition) is 5. The normalized spacial score (nSPS) is 14.1. The molecule has 114 valence electrons. The summed E-state index contributed by atoms with van der Waals surface area (Å²) in [6.07, 6.45) is 1.69. The molecule has 1 aromatic heterocycles. The molecule has 1 aromatic carbocycles. The lowest BCUT2D eigenvalue weighted by atomic mass is 10.0. The Morgan fingerprint density at radius 1 is 1.32 bits per heavy atom. The molecule has 0 unspecified atom stereocenters. The second kappa shape index (κ2) is 6.03. The van der Waals surface area contributed by atoms with Gasteiger partial charge in [-0.2, -0.15) is 0 Å². The second-order valence-corrected chi connectivity index (χ2v) is 5.09. The van der Waals surface area contributed by atoms with Crippen LogP contribution in [-0.2, 0) is 11.3 Å². The molecule has 1 N–H and O–H groups in total. The van der Waals surface area contributed by atoms with Crippen LogP contribution in [0.2, 0.25) is 0 Å². The Bertz CT molecular complexity index is 675. The summed E-state index contributed by atoms with van der Waals surface area (Å²) in [6.45, 7) is 0.604. The molecule has 0 aliphatic carbocycles. The van der Waals surface area contributed by atoms with Crippen LogP contribution >= 0.6 is 0 Å². The zero-order valence-corrected chi connectivity index (χ0v) is 12.1. The number of ether oxygens (including phenoxy) is 2. The second-order valence-electron chi connectivity index (χ2n) is 5.09. The fraction of sp³-hybridized carbons (Fsp3) is 0.250. The van der Waals surface area contributed by atoms with E-state index in [-0.39, 0.29) is 6.79 Å². The monoisotopic (exact) mass is 300 g/mol. The van der Waals surface area contributed by atoms with E-state index in [1.165, 1.54) is 0 Å². The van der Waals surface area contributed by atoms with Crippen LogP contribution in [-0.4, -0.2) is 34.8 Å². The summed E-state index contributed by atoms with van der Waals surface area (Å²) in [5, 5.41) is 9.59. The smallest absolute Gasteiger partial charge is 0.325 e. The van der Waals surface area contributed by atoms with Crippen LogP contribution in [0.15, 0.2) is 42.6 Å². The van der Waals surface area contributed by atoms with Gasteiger partial charge in [0, 0.05) is 12.7 Å². The van der Waals surface area contributed by atoms with Gasteiger partial charge in [-0.25, -0.2) is 0 Å². The maximum absolute atomic E-state index is 11.7. The van der Waals surface area contributed by atoms with E-state index in [2.05, 4.69) is 4.98 Å². The molecule has 1 aliphatic rings. The van der Waals surface area contributed by atoms with Crippen molar-refractivity contribution in [3.05, 3.63) is 53.9 Å². The number of hydrogen-bond donors (Lipinski definition) is 1. The molecule has 0 radical (unpaired) electrons. The van der Waals surface area contributed by atoms with Gasteiger partial charge in [0.25, 0.3) is 0 Å². The molecule has 0 amide bonds. The van der Waals surface area contributed by atoms with E-state index in [0.29, 0.717) is 23.6 Å². The molecule has 6 nitrogen and oxygen atoms in total. The minimum absolute atomic E-state index is 0.167. The standard InChI is InChI=1S/C16H16N2O4/c1-18(9-12-4-2-3-7-17-12)15(16(19)20)11-5-6-13-14(8-11)22-10-21-13/h2-8,15H,9-10H2,1H3,(H,19,20)/t15-/m1/s1. The molecule has 1 aliphatic heterocycles. The summed E-state index contributed by atoms with van der Waals surface area (Å²) in [7, 11) is 1.76. The molecule has 0 saturated carbocycles. The lowest BCUT2D eigenvalue weighted by Gasteiger charge is -2.24. The average Bonchev–Trinajstić information content (AvgIpc) is 2.95. The van der Waals surface area contributed by atoms with Gasteiger partial charge in [0.05, 0.1) is 5.69 Å². The first-order valence-electron chi connectivity index (χ1n) is 6.87. The van der Waals surface area contributed by atoms with Gasteiger partial charge >= 0.3 is 5.97 Å². The predicted octanol–water partition coefficient (Wildman–Crippen LogP) is 2.07. The molecule has 1 atom stereocenters. The lowest BCUT2D eigenvalue weighted by molar-refractivity contribution is -0.143. The molecule has 0 spiro atoms. The molecule has 22 heavy (non-hydrogen) atoms. The minimum atomic E-state index is -0.919. The average molecular weight is 300 g/mol. The van der Waals surface area contributed by atoms with Gasteiger partial charge in [-0.1, -0.05) is 12.1 Å². The first-order chi connectivity index (χ1) is 10.6. The first-order valence-corrected chi connectivity index (χ1v) is 6.87. The third kappa shape index (κ3) is 2.87. The van der Waals surface area contributed by atoms with Crippen LogP contribution in [0.1, 0.15) is 17.3 Å². The number of nitrogens with zero attached hydrogens (tertiary/aromatic N) is 2. The van der Waals surface area contributed by atoms with Gasteiger partial charge in [0.1, 0.15) is 6.04 Å². The summed E-state index contributed by atoms with van der Waals surface area (Å²) in [5.41, 5.74) is 1.46. The van der Waals surface area contributed by atoms with Crippen molar-refractivity contribution in [2.75, 3.05) is 13.8 Å². The molecule has 0 saturated heterocycles. The van der Waals surface area contributed by atoms with Gasteiger partial charge in [-0.15, -0.1) is 0 Å². The molecule has 0 bridgehead atoms. The molecular weight excluding hydrogens is 284 g/mol. The van der Waals surface area contributed by atoms with E-state index >= 15 is 0 Å². The SMILES string of the molecule is CN(Cc1ccccn1)[C@@H](C(=O)O)c1ccc2c(c1)OCO2. The number of benzene rings is 1. The van der Waals surface area contributed by atoms with Gasteiger partial charge in [0.15, 0.2) is 11.5 Å². The van der Waals surface area contributed by atoms with Crippen molar-refractivity contribution in [3.63, 3.8) is 0 Å². The minimum Gasteiger partial charge on any atom is -0.480 e. The molecule has 6 heteroatoms. The van der Waals surface area contributed by atoms with Gasteiger partial charge in [-0.3, -0.25) is 14.7 Å². The Morgan fingerprint density at radius 3 is 2.86 bits per heavy atom. The number of carboxylic acids is 1. The van der Waals surface area contributed by atoms with Crippen LogP contribution < -0.4 is 9.47 Å². The summed E-state index contributed by atoms with van der Waals surface area (Å²) in [4.78, 5) is 17.7. The number of likely N-dealkylation sites (N-methyl/N-ethyl adjacent to an activating group) is 1. The highest BCUT2D eigenvalue weighted by atomic mass is 16.7. The highest BCUT2D eigenvalue weighted by molar-refractivity contribution is 5.76. The number of carboxylic acid groups (broad SMARTS) is 1. The molecule has 0 fully saturated rings. The van der Waals surface area contributed by atoms with Crippen LogP contribution in [0.25, 0.3) is 0 Å². The van der Waals surface area contributed by atoms with Crippen molar-refractivity contribution in [1.82, 2.24) is 9.88 Å². The molecule has 2 aromatic rings. The summed E-state index contributed by atoms with van der Waals surface area (Å²) in [5.74, 6) is 0.299. The molecular formula is C16H16N2O4. The number of pyridine rings is 1. The van der Waals surface area contributed by atoms with Crippen molar-refractivity contribution < 1.29 is 19.4 Å². The van der Waals surface area contributed by atoms with E-state index in [4.69, 9.17) is 9.47 Å². The van der Waals surface area contributed by atoms with E-state index in [1.807, 2.05) is 18.2 Å². The van der Waals surface area contributed by atoms with Gasteiger partial charge in [-0.05, 0) is 36.9 Å². The molecule has 3 rings (SSSR count). The van der Waals surface area contributed by atoms with Crippen molar-refractivity contribution in [1.29, 1.82) is 0 Å². The Hall–Kier alpha value is -2.60. The zero-order chi connectivity index (χ0) is 15.5. The largest absolute Gasteiger partial charge is 0.480 e. The number of aliphatic carboxylic acids is 1. The maximum atomic E-state index is 11.7. The van der Waals surface area contributed by atoms with Crippen LogP contribution in [0, 0.1) is 0 Å². The number of carbonyl (C=O) groups is 1. The van der Waals surface area contributed by atoms with E-state index in [0.717, 1.165) is 5.69 Å². The summed E-state index contributed by atoms with van der Waals surface area (Å²) >= 11 is 0. The van der Waals surface area contributed by atoms with E-state index in [9.17, 15) is 9.90 Å². The third-order valence-electron chi connectivity index (χ3n) is 3.52. The Labute approximate surface area is 127 Å². The van der Waals surface area contributed by atoms with Crippen LogP contribution in [0.5, 0.6) is 11.5 Å². The first kappa shape index (κ1) is 14.3.